The van der Waals surface area contributed by atoms with Crippen LogP contribution in [0.25, 0.3) is 10.4 Å². The number of rotatable bonds is 7. The molecule has 9 heteroatoms. The summed E-state index contributed by atoms with van der Waals surface area (Å²) in [7, 11) is 1.36. The maximum absolute atomic E-state index is 12.9. The van der Waals surface area contributed by atoms with Crippen LogP contribution >= 0.6 is 22.9 Å². The quantitative estimate of drug-likeness (QED) is 0.307. The lowest BCUT2D eigenvalue weighted by molar-refractivity contribution is -0.151. The third-order valence-electron chi connectivity index (χ3n) is 6.55. The van der Waals surface area contributed by atoms with Crippen LogP contribution in [-0.4, -0.2) is 25.1 Å². The van der Waals surface area contributed by atoms with E-state index in [1.54, 1.807) is 13.0 Å². The molecule has 2 N–H and O–H groups in total. The molecule has 1 heterocycles. The van der Waals surface area contributed by atoms with E-state index in [1.807, 2.05) is 53.9 Å². The fourth-order valence-corrected chi connectivity index (χ4v) is 5.77. The van der Waals surface area contributed by atoms with E-state index in [-0.39, 0.29) is 11.9 Å². The molecule has 1 saturated carbocycles. The first kappa shape index (κ1) is 26.7. The zero-order valence-corrected chi connectivity index (χ0v) is 22.2. The summed E-state index contributed by atoms with van der Waals surface area (Å²) in [4.78, 5) is 38.4. The summed E-state index contributed by atoms with van der Waals surface area (Å²) in [6, 6.07) is 16.4. The monoisotopic (exact) mass is 540 g/mol. The van der Waals surface area contributed by atoms with Gasteiger partial charge in [-0.25, -0.2) is 4.79 Å². The standard InChI is InChI=1S/C28H29ClN2O5S/c1-17(20-7-5-6-10-23(20)29)36-28(34)31-24-15-16-37-25(24)18-11-13-19(14-12-18)30-26(32)21-8-3-4-9-22(21)27(33)35-2/h5-7,10-17,21-22H,3-4,8-9H2,1-2H3,(H,30,32)(H,31,34)/t17-,21-,22-/m1/s1. The van der Waals surface area contributed by atoms with E-state index in [0.29, 0.717) is 29.2 Å². The molecule has 0 aliphatic heterocycles. The zero-order valence-electron chi connectivity index (χ0n) is 20.7. The van der Waals surface area contributed by atoms with Crippen LogP contribution in [0.3, 0.4) is 0 Å². The average Bonchev–Trinajstić information content (AvgIpc) is 3.36. The van der Waals surface area contributed by atoms with Crippen molar-refractivity contribution in [2.24, 2.45) is 11.8 Å². The molecule has 2 aromatic carbocycles. The molecule has 2 amide bonds. The third kappa shape index (κ3) is 6.50. The molecule has 0 unspecified atom stereocenters. The molecule has 194 valence electrons. The van der Waals surface area contributed by atoms with Gasteiger partial charge in [0.25, 0.3) is 0 Å². The molecule has 1 aliphatic carbocycles. The smallest absolute Gasteiger partial charge is 0.412 e. The number of carbonyl (C=O) groups excluding carboxylic acids is 3. The fraction of sp³-hybridized carbons (Fsp3) is 0.321. The van der Waals surface area contributed by atoms with Crippen molar-refractivity contribution in [1.29, 1.82) is 0 Å². The number of hydrogen-bond acceptors (Lipinski definition) is 6. The molecule has 0 spiro atoms. The number of ether oxygens (including phenoxy) is 2. The van der Waals surface area contributed by atoms with Crippen molar-refractivity contribution in [2.75, 3.05) is 17.7 Å². The van der Waals surface area contributed by atoms with Crippen LogP contribution in [0.2, 0.25) is 5.02 Å². The van der Waals surface area contributed by atoms with E-state index in [1.165, 1.54) is 18.4 Å². The highest BCUT2D eigenvalue weighted by atomic mass is 35.5. The van der Waals surface area contributed by atoms with Crippen molar-refractivity contribution in [3.63, 3.8) is 0 Å². The Bertz CT molecular complexity index is 1260. The Morgan fingerprint density at radius 2 is 1.68 bits per heavy atom. The number of benzene rings is 2. The number of anilines is 2. The Labute approximate surface area is 225 Å². The molecule has 1 aromatic heterocycles. The fourth-order valence-electron chi connectivity index (χ4n) is 4.62. The van der Waals surface area contributed by atoms with E-state index in [0.717, 1.165) is 28.8 Å². The molecule has 1 aliphatic rings. The van der Waals surface area contributed by atoms with Gasteiger partial charge in [0, 0.05) is 16.3 Å². The lowest BCUT2D eigenvalue weighted by Gasteiger charge is -2.28. The van der Waals surface area contributed by atoms with Gasteiger partial charge in [-0.3, -0.25) is 14.9 Å². The number of thiophene rings is 1. The lowest BCUT2D eigenvalue weighted by atomic mass is 9.78. The SMILES string of the molecule is COC(=O)[C@@H]1CCCC[C@H]1C(=O)Nc1ccc(-c2sccc2NC(=O)O[C@H](C)c2ccccc2Cl)cc1. The van der Waals surface area contributed by atoms with E-state index in [2.05, 4.69) is 10.6 Å². The maximum Gasteiger partial charge on any atom is 0.412 e. The van der Waals surface area contributed by atoms with Crippen molar-refractivity contribution in [1.82, 2.24) is 0 Å². The first-order valence-corrected chi connectivity index (χ1v) is 13.4. The largest absolute Gasteiger partial charge is 0.469 e. The van der Waals surface area contributed by atoms with Gasteiger partial charge in [-0.15, -0.1) is 11.3 Å². The Hall–Kier alpha value is -3.36. The predicted octanol–water partition coefficient (Wildman–Crippen LogP) is 7.30. The second-order valence-corrected chi connectivity index (χ2v) is 10.3. The molecule has 3 aromatic rings. The Kier molecular flexibility index (Phi) is 8.84. The summed E-state index contributed by atoms with van der Waals surface area (Å²) in [5, 5.41) is 8.17. The topological polar surface area (TPSA) is 93.7 Å². The number of carbonyl (C=O) groups is 3. The normalized spacial score (nSPS) is 17.9. The molecule has 0 radical (unpaired) electrons. The number of halogens is 1. The molecule has 4 rings (SSSR count). The number of amides is 2. The van der Waals surface area contributed by atoms with Gasteiger partial charge < -0.3 is 14.8 Å². The van der Waals surface area contributed by atoms with E-state index >= 15 is 0 Å². The highest BCUT2D eigenvalue weighted by Crippen LogP contribution is 2.36. The first-order valence-electron chi connectivity index (χ1n) is 12.2. The zero-order chi connectivity index (χ0) is 26.4. The van der Waals surface area contributed by atoms with Crippen molar-refractivity contribution >= 4 is 52.3 Å². The summed E-state index contributed by atoms with van der Waals surface area (Å²) < 4.78 is 10.4. The number of hydrogen-bond donors (Lipinski definition) is 2. The van der Waals surface area contributed by atoms with Gasteiger partial charge in [0.05, 0.1) is 29.5 Å². The summed E-state index contributed by atoms with van der Waals surface area (Å²) in [6.07, 6.45) is 2.07. The van der Waals surface area contributed by atoms with Crippen LogP contribution in [0, 0.1) is 11.8 Å². The van der Waals surface area contributed by atoms with E-state index < -0.39 is 24.0 Å². The van der Waals surface area contributed by atoms with Gasteiger partial charge in [0.15, 0.2) is 0 Å². The van der Waals surface area contributed by atoms with E-state index in [9.17, 15) is 14.4 Å². The highest BCUT2D eigenvalue weighted by molar-refractivity contribution is 7.14. The summed E-state index contributed by atoms with van der Waals surface area (Å²) >= 11 is 7.69. The Morgan fingerprint density at radius 3 is 2.38 bits per heavy atom. The van der Waals surface area contributed by atoms with Crippen molar-refractivity contribution in [3.8, 4) is 10.4 Å². The number of nitrogens with one attached hydrogen (secondary N) is 2. The molecular formula is C28H29ClN2O5S. The van der Waals surface area contributed by atoms with Gasteiger partial charge in [0.2, 0.25) is 5.91 Å². The number of esters is 1. The molecule has 0 saturated heterocycles. The van der Waals surface area contributed by atoms with E-state index in [4.69, 9.17) is 21.1 Å². The van der Waals surface area contributed by atoms with Crippen LogP contribution in [0.1, 0.15) is 44.3 Å². The molecule has 1 fully saturated rings. The Balaban J connectivity index is 1.39. The minimum atomic E-state index is -0.580. The van der Waals surface area contributed by atoms with Gasteiger partial charge in [-0.2, -0.15) is 0 Å². The number of methoxy groups -OCH3 is 1. The molecule has 3 atom stereocenters. The lowest BCUT2D eigenvalue weighted by Crippen LogP contribution is -2.36. The van der Waals surface area contributed by atoms with Crippen molar-refractivity contribution in [3.05, 3.63) is 70.6 Å². The predicted molar refractivity (Wildman–Crippen MR) is 146 cm³/mol. The Morgan fingerprint density at radius 1 is 0.973 bits per heavy atom. The molecule has 0 bridgehead atoms. The second kappa shape index (κ2) is 12.3. The molecule has 7 nitrogen and oxygen atoms in total. The minimum Gasteiger partial charge on any atom is -0.469 e. The minimum absolute atomic E-state index is 0.170. The van der Waals surface area contributed by atoms with Gasteiger partial charge >= 0.3 is 12.1 Å². The molecular weight excluding hydrogens is 512 g/mol. The second-order valence-electron chi connectivity index (χ2n) is 8.94. The van der Waals surface area contributed by atoms with Crippen molar-refractivity contribution in [2.45, 2.75) is 38.7 Å². The van der Waals surface area contributed by atoms with Gasteiger partial charge in [0.1, 0.15) is 6.10 Å². The average molecular weight is 541 g/mol. The van der Waals surface area contributed by atoms with Crippen LogP contribution in [0.4, 0.5) is 16.2 Å². The van der Waals surface area contributed by atoms with Crippen LogP contribution in [0.15, 0.2) is 60.0 Å². The van der Waals surface area contributed by atoms with Crippen LogP contribution in [0.5, 0.6) is 0 Å². The van der Waals surface area contributed by atoms with Gasteiger partial charge in [-0.05, 0) is 55.0 Å². The highest BCUT2D eigenvalue weighted by Gasteiger charge is 2.36. The summed E-state index contributed by atoms with van der Waals surface area (Å²) in [5.41, 5.74) is 2.88. The van der Waals surface area contributed by atoms with Crippen molar-refractivity contribution < 1.29 is 23.9 Å². The van der Waals surface area contributed by atoms with Crippen LogP contribution in [-0.2, 0) is 19.1 Å². The molecule has 37 heavy (non-hydrogen) atoms. The summed E-state index contributed by atoms with van der Waals surface area (Å²) in [5.74, 6) is -1.30. The van der Waals surface area contributed by atoms with Crippen LogP contribution < -0.4 is 10.6 Å². The maximum atomic E-state index is 12.9. The summed E-state index contributed by atoms with van der Waals surface area (Å²) in [6.45, 7) is 1.77. The third-order valence-corrected chi connectivity index (χ3v) is 7.86. The van der Waals surface area contributed by atoms with Gasteiger partial charge in [-0.1, -0.05) is 54.8 Å². The first-order chi connectivity index (χ1) is 17.9.